The van der Waals surface area contributed by atoms with Crippen LogP contribution in [0, 0.1) is 17.0 Å². The van der Waals surface area contributed by atoms with E-state index in [1.807, 2.05) is 66.7 Å². The summed E-state index contributed by atoms with van der Waals surface area (Å²) in [6, 6.07) is 47.8. The second-order valence-corrected chi connectivity index (χ2v) is 22.0. The highest BCUT2D eigenvalue weighted by atomic mass is 16.7. The highest BCUT2D eigenvalue weighted by molar-refractivity contribution is 5.98. The minimum Gasteiger partial charge on any atom is -0.429 e. The van der Waals surface area contributed by atoms with Crippen molar-refractivity contribution in [2.75, 3.05) is 151 Å². The summed E-state index contributed by atoms with van der Waals surface area (Å²) < 4.78 is 65.6. The standard InChI is InChI=1S/C72H92N8O18/c1-57-20-24-62(25-21-57)72(60-15-7-3-8-16-60,61-17-9-4-10-18-61)74-33-12-11-19-66(69(82)76-63-26-22-59(23-27-63)56-97-71(84)98-65-30-28-64(29-31-65)80(85)86)78-70(83)67(55-58-13-5-2-6-14-58)77-68(81)32-35-87-37-39-89-41-43-91-45-47-93-49-51-95-53-54-96-52-50-94-48-46-92-44-42-90-40-38-88-36-34-75-79-73/h2-10,13-18,20-31,66-67,74H,11-12,19,32-56H2,1H3,(H,76,82)(H,77,81)(H,78,83)/t66-,67-/m0/s1. The number of rotatable bonds is 53. The summed E-state index contributed by atoms with van der Waals surface area (Å²) in [7, 11) is 0. The molecule has 4 N–H and O–H groups in total. The molecule has 0 spiro atoms. The molecule has 0 aliphatic rings. The summed E-state index contributed by atoms with van der Waals surface area (Å²) in [5, 5.41) is 27.1. The zero-order chi connectivity index (χ0) is 69.4. The maximum Gasteiger partial charge on any atom is 0.514 e. The Balaban J connectivity index is 0.907. The summed E-state index contributed by atoms with van der Waals surface area (Å²) in [6.07, 6.45) is 0.465. The number of carbonyl (C=O) groups is 4. The average Bonchev–Trinajstić information content (AvgIpc) is 0.772. The molecule has 2 atom stereocenters. The monoisotopic (exact) mass is 1360 g/mol. The number of non-ortho nitro benzene ring substituents is 1. The van der Waals surface area contributed by atoms with Gasteiger partial charge in [0.15, 0.2) is 0 Å². The van der Waals surface area contributed by atoms with Crippen LogP contribution in [0.3, 0.4) is 0 Å². The molecule has 0 saturated heterocycles. The van der Waals surface area contributed by atoms with Crippen LogP contribution < -0.4 is 26.0 Å². The van der Waals surface area contributed by atoms with E-state index < -0.39 is 46.4 Å². The maximum atomic E-state index is 14.5. The number of amides is 3. The summed E-state index contributed by atoms with van der Waals surface area (Å²) in [5.41, 5.74) is 13.4. The van der Waals surface area contributed by atoms with Gasteiger partial charge in [-0.15, -0.1) is 0 Å². The number of aryl methyl sites for hydroxylation is 1. The maximum absolute atomic E-state index is 14.5. The minimum absolute atomic E-state index is 0.0377. The van der Waals surface area contributed by atoms with Gasteiger partial charge in [-0.2, -0.15) is 0 Å². The molecule has 0 radical (unpaired) electrons. The lowest BCUT2D eigenvalue weighted by Crippen LogP contribution is -2.53. The third-order valence-electron chi connectivity index (χ3n) is 14.8. The Bertz CT molecular complexity index is 3190. The van der Waals surface area contributed by atoms with Crippen LogP contribution in [0.5, 0.6) is 5.75 Å². The largest absolute Gasteiger partial charge is 0.514 e. The number of unbranched alkanes of at least 4 members (excludes halogenated alkanes) is 1. The van der Waals surface area contributed by atoms with Crippen molar-refractivity contribution in [3.63, 3.8) is 0 Å². The predicted molar refractivity (Wildman–Crippen MR) is 366 cm³/mol. The number of hydrogen-bond acceptors (Lipinski definition) is 20. The molecule has 6 aromatic carbocycles. The molecule has 0 heterocycles. The molecule has 26 nitrogen and oxygen atoms in total. The Labute approximate surface area is 572 Å². The van der Waals surface area contributed by atoms with Crippen molar-refractivity contribution in [1.82, 2.24) is 16.0 Å². The quantitative estimate of drug-likeness (QED) is 0.00318. The van der Waals surface area contributed by atoms with Crippen LogP contribution in [0.4, 0.5) is 16.2 Å². The fourth-order valence-corrected chi connectivity index (χ4v) is 9.82. The molecule has 26 heteroatoms. The predicted octanol–water partition coefficient (Wildman–Crippen LogP) is 9.39. The minimum atomic E-state index is -1.05. The van der Waals surface area contributed by atoms with Crippen LogP contribution >= 0.6 is 0 Å². The van der Waals surface area contributed by atoms with Crippen LogP contribution in [-0.2, 0) is 85.1 Å². The van der Waals surface area contributed by atoms with Gasteiger partial charge in [0.05, 0.1) is 143 Å². The molecule has 3 amide bonds. The number of ether oxygens (including phenoxy) is 12. The molecule has 6 aromatic rings. The number of nitro groups is 1. The van der Waals surface area contributed by atoms with Crippen LogP contribution in [0.15, 0.2) is 169 Å². The Hall–Kier alpha value is -8.73. The highest BCUT2D eigenvalue weighted by Crippen LogP contribution is 2.37. The van der Waals surface area contributed by atoms with E-state index in [0.717, 1.165) is 27.8 Å². The van der Waals surface area contributed by atoms with Crippen molar-refractivity contribution in [2.45, 2.75) is 63.3 Å². The van der Waals surface area contributed by atoms with E-state index in [0.29, 0.717) is 149 Å². The molecule has 0 aromatic heterocycles. The first kappa shape index (κ1) is 78.3. The van der Waals surface area contributed by atoms with Crippen molar-refractivity contribution in [1.29, 1.82) is 0 Å². The third kappa shape index (κ3) is 31.2. The van der Waals surface area contributed by atoms with Gasteiger partial charge >= 0.3 is 6.16 Å². The fourth-order valence-electron chi connectivity index (χ4n) is 9.82. The molecular weight excluding hydrogens is 1260 g/mol. The van der Waals surface area contributed by atoms with Gasteiger partial charge in [-0.1, -0.05) is 138 Å². The second kappa shape index (κ2) is 48.1. The Morgan fingerprint density at radius 2 is 0.969 bits per heavy atom. The lowest BCUT2D eigenvalue weighted by atomic mass is 9.76. The van der Waals surface area contributed by atoms with Crippen LogP contribution in [0.2, 0.25) is 0 Å². The lowest BCUT2D eigenvalue weighted by molar-refractivity contribution is -0.384. The molecule has 528 valence electrons. The van der Waals surface area contributed by atoms with Gasteiger partial charge in [-0.3, -0.25) is 29.8 Å². The van der Waals surface area contributed by atoms with Gasteiger partial charge in [0, 0.05) is 42.1 Å². The number of anilines is 1. The highest BCUT2D eigenvalue weighted by Gasteiger charge is 2.36. The first-order chi connectivity index (χ1) is 48.0. The number of carbonyl (C=O) groups excluding carboxylic acids is 4. The second-order valence-electron chi connectivity index (χ2n) is 22.0. The van der Waals surface area contributed by atoms with Crippen molar-refractivity contribution in [3.05, 3.63) is 218 Å². The van der Waals surface area contributed by atoms with Gasteiger partial charge in [-0.25, -0.2) is 4.79 Å². The zero-order valence-corrected chi connectivity index (χ0v) is 55.7. The molecule has 0 saturated carbocycles. The number of nitro benzene ring substituents is 1. The van der Waals surface area contributed by atoms with E-state index in [1.54, 1.807) is 24.3 Å². The zero-order valence-electron chi connectivity index (χ0n) is 55.7. The van der Waals surface area contributed by atoms with Gasteiger partial charge < -0.3 is 72.8 Å². The number of hydrogen-bond donors (Lipinski definition) is 4. The molecular formula is C72H92N8O18. The summed E-state index contributed by atoms with van der Waals surface area (Å²) >= 11 is 0. The Kier molecular flexibility index (Phi) is 38.4. The summed E-state index contributed by atoms with van der Waals surface area (Å²) in [4.78, 5) is 68.1. The van der Waals surface area contributed by atoms with Crippen molar-refractivity contribution >= 4 is 35.3 Å². The van der Waals surface area contributed by atoms with Crippen LogP contribution in [0.25, 0.3) is 10.4 Å². The molecule has 6 rings (SSSR count). The van der Waals surface area contributed by atoms with Gasteiger partial charge in [0.25, 0.3) is 5.69 Å². The van der Waals surface area contributed by atoms with Gasteiger partial charge in [-0.05, 0) is 90.3 Å². The summed E-state index contributed by atoms with van der Waals surface area (Å²) in [5.74, 6) is -1.38. The first-order valence-electron chi connectivity index (χ1n) is 32.9. The summed E-state index contributed by atoms with van der Waals surface area (Å²) in [6.45, 7) is 10.4. The van der Waals surface area contributed by atoms with E-state index in [-0.39, 0.29) is 57.1 Å². The normalized spacial score (nSPS) is 11.8. The molecule has 0 bridgehead atoms. The Morgan fingerprint density at radius 1 is 0.510 bits per heavy atom. The van der Waals surface area contributed by atoms with Crippen molar-refractivity contribution in [3.8, 4) is 5.75 Å². The smallest absolute Gasteiger partial charge is 0.429 e. The van der Waals surface area contributed by atoms with Gasteiger partial charge in [0.2, 0.25) is 17.7 Å². The lowest BCUT2D eigenvalue weighted by Gasteiger charge is -2.37. The number of azide groups is 1. The Morgan fingerprint density at radius 3 is 1.45 bits per heavy atom. The number of benzene rings is 6. The van der Waals surface area contributed by atoms with E-state index >= 15 is 0 Å². The first-order valence-corrected chi connectivity index (χ1v) is 32.9. The topological polar surface area (TPSA) is 319 Å². The third-order valence-corrected chi connectivity index (χ3v) is 14.8. The van der Waals surface area contributed by atoms with Crippen molar-refractivity contribution in [2.24, 2.45) is 5.11 Å². The average molecular weight is 1360 g/mol. The van der Waals surface area contributed by atoms with Crippen LogP contribution in [0.1, 0.15) is 59.1 Å². The molecule has 0 aliphatic carbocycles. The molecule has 0 fully saturated rings. The van der Waals surface area contributed by atoms with E-state index in [1.165, 1.54) is 24.3 Å². The van der Waals surface area contributed by atoms with E-state index in [4.69, 9.17) is 62.4 Å². The number of nitrogens with zero attached hydrogens (tertiary/aromatic N) is 4. The molecule has 0 aliphatic heterocycles. The molecule has 0 unspecified atom stereocenters. The van der Waals surface area contributed by atoms with Crippen molar-refractivity contribution < 1.29 is 80.9 Å². The number of nitrogens with one attached hydrogen (secondary N) is 4. The van der Waals surface area contributed by atoms with E-state index in [9.17, 15) is 29.3 Å². The fraction of sp³-hybridized carbons (Fsp3) is 0.444. The SMILES string of the molecule is Cc1ccc(C(NCCCC[C@H](NC(=O)[C@H](Cc2ccccc2)NC(=O)CCOCCOCCOCCOCCOCCOCCOCCOCCOCCOCCN=[N+]=[N-])C(=O)Nc2ccc(COC(=O)Oc3ccc([N+](=O)[O-])cc3)cc2)(c2ccccc2)c2ccccc2)cc1. The van der Waals surface area contributed by atoms with E-state index in [2.05, 4.69) is 86.7 Å². The van der Waals surface area contributed by atoms with Crippen LogP contribution in [-0.4, -0.2) is 186 Å². The van der Waals surface area contributed by atoms with Gasteiger partial charge in [0.1, 0.15) is 24.4 Å². The molecule has 98 heavy (non-hydrogen) atoms.